The lowest BCUT2D eigenvalue weighted by Crippen LogP contribution is -2.50. The Hall–Kier alpha value is -1.98. The van der Waals surface area contributed by atoms with E-state index >= 15 is 0 Å². The number of nitrogens with one attached hydrogen (secondary N) is 1. The average Bonchev–Trinajstić information content (AvgIpc) is 2.58. The lowest BCUT2D eigenvalue weighted by atomic mass is 9.85. The van der Waals surface area contributed by atoms with E-state index in [-0.39, 0.29) is 11.9 Å². The molecule has 3 rings (SSSR count). The van der Waals surface area contributed by atoms with E-state index in [4.69, 9.17) is 0 Å². The number of fused-ring (bicyclic) bond motifs is 1. The third-order valence-corrected chi connectivity index (χ3v) is 5.22. The van der Waals surface area contributed by atoms with Crippen LogP contribution in [0.3, 0.4) is 0 Å². The molecule has 2 aliphatic rings. The van der Waals surface area contributed by atoms with Crippen molar-refractivity contribution in [1.82, 2.24) is 10.1 Å². The number of rotatable bonds is 4. The Morgan fingerprint density at radius 3 is 2.62 bits per heavy atom. The van der Waals surface area contributed by atoms with E-state index in [2.05, 4.69) is 17.4 Å². The van der Waals surface area contributed by atoms with E-state index in [0.29, 0.717) is 18.5 Å². The molecule has 1 saturated carbocycles. The van der Waals surface area contributed by atoms with Crippen molar-refractivity contribution in [3.05, 3.63) is 29.8 Å². The molecule has 1 aromatic carbocycles. The summed E-state index contributed by atoms with van der Waals surface area (Å²) in [4.78, 5) is 27.9. The molecule has 0 bridgehead atoms. The molecule has 1 heterocycles. The second-order valence-electron chi connectivity index (χ2n) is 6.95. The molecule has 0 spiro atoms. The Bertz CT molecular complexity index is 614. The topological polar surface area (TPSA) is 52.6 Å². The van der Waals surface area contributed by atoms with Gasteiger partial charge in [-0.1, -0.05) is 25.0 Å². The van der Waals surface area contributed by atoms with Crippen molar-refractivity contribution in [2.24, 2.45) is 5.92 Å². The number of hydrogen-bond acceptors (Lipinski definition) is 2. The molecule has 128 valence electrons. The minimum absolute atomic E-state index is 0.0529. The number of para-hydroxylation sites is 1. The molecule has 1 aliphatic carbocycles. The highest BCUT2D eigenvalue weighted by atomic mass is 16.2. The van der Waals surface area contributed by atoms with E-state index < -0.39 is 0 Å². The second-order valence-corrected chi connectivity index (χ2v) is 6.95. The van der Waals surface area contributed by atoms with Crippen molar-refractivity contribution in [2.75, 3.05) is 11.4 Å². The number of urea groups is 1. The zero-order valence-electron chi connectivity index (χ0n) is 14.6. The molecule has 24 heavy (non-hydrogen) atoms. The number of amides is 3. The Morgan fingerprint density at radius 1 is 1.25 bits per heavy atom. The first-order valence-corrected chi connectivity index (χ1v) is 9.00. The first-order chi connectivity index (χ1) is 11.6. The highest BCUT2D eigenvalue weighted by Gasteiger charge is 2.32. The van der Waals surface area contributed by atoms with Crippen molar-refractivity contribution < 1.29 is 9.59 Å². The van der Waals surface area contributed by atoms with E-state index in [1.165, 1.54) is 5.56 Å². The van der Waals surface area contributed by atoms with Crippen LogP contribution in [-0.2, 0) is 11.3 Å². The molecule has 0 atom stereocenters. The summed E-state index contributed by atoms with van der Waals surface area (Å²) < 4.78 is 0. The molecule has 0 radical (unpaired) electrons. The molecule has 3 amide bonds. The highest BCUT2D eigenvalue weighted by Crippen LogP contribution is 2.32. The molecule has 6 heteroatoms. The number of benzene rings is 1. The van der Waals surface area contributed by atoms with Gasteiger partial charge in [0.15, 0.2) is 0 Å². The summed E-state index contributed by atoms with van der Waals surface area (Å²) in [5.41, 5.74) is 2.29. The summed E-state index contributed by atoms with van der Waals surface area (Å²) in [6, 6.07) is 8.65. The van der Waals surface area contributed by atoms with Gasteiger partial charge in [0, 0.05) is 26.1 Å². The monoisotopic (exact) mass is 327 g/mol. The van der Waals surface area contributed by atoms with Crippen LogP contribution in [0.1, 0.15) is 38.2 Å². The molecule has 1 aliphatic heterocycles. The van der Waals surface area contributed by atoms with Crippen LogP contribution >= 0.6 is 0 Å². The summed E-state index contributed by atoms with van der Waals surface area (Å²) in [7, 11) is 0.735. The molecule has 1 aromatic rings. The second kappa shape index (κ2) is 7.28. The van der Waals surface area contributed by atoms with Gasteiger partial charge in [0.1, 0.15) is 0 Å². The van der Waals surface area contributed by atoms with Crippen LogP contribution in [-0.4, -0.2) is 36.8 Å². The molecular formula is C18H26BN3O2. The third-order valence-electron chi connectivity index (χ3n) is 5.22. The maximum atomic E-state index is 12.8. The Labute approximate surface area is 144 Å². The molecule has 1 N–H and O–H groups in total. The number of nitrogens with zero attached hydrogens (tertiary/aromatic N) is 2. The molecule has 0 saturated heterocycles. The zero-order chi connectivity index (χ0) is 17.1. The van der Waals surface area contributed by atoms with Crippen molar-refractivity contribution in [3.63, 3.8) is 0 Å². The smallest absolute Gasteiger partial charge is 0.312 e. The van der Waals surface area contributed by atoms with Crippen molar-refractivity contribution in [2.45, 2.75) is 52.0 Å². The number of hydrogen-bond donors (Lipinski definition) is 1. The van der Waals surface area contributed by atoms with Crippen molar-refractivity contribution >= 4 is 25.0 Å². The fourth-order valence-corrected chi connectivity index (χ4v) is 3.91. The lowest BCUT2D eigenvalue weighted by Gasteiger charge is -2.40. The van der Waals surface area contributed by atoms with Gasteiger partial charge in [0.25, 0.3) is 0 Å². The number of carbonyl (C=O) groups is 2. The third kappa shape index (κ3) is 3.58. The minimum Gasteiger partial charge on any atom is -0.369 e. The first-order valence-electron chi connectivity index (χ1n) is 9.00. The maximum absolute atomic E-state index is 12.8. The summed E-state index contributed by atoms with van der Waals surface area (Å²) >= 11 is 0. The maximum Gasteiger partial charge on any atom is 0.312 e. The molecule has 0 aromatic heterocycles. The Morgan fingerprint density at radius 2 is 1.96 bits per heavy atom. The van der Waals surface area contributed by atoms with Gasteiger partial charge in [-0.3, -0.25) is 9.69 Å². The first kappa shape index (κ1) is 16.9. The van der Waals surface area contributed by atoms with Gasteiger partial charge in [0.05, 0.1) is 5.69 Å². The normalized spacial score (nSPS) is 23.7. The van der Waals surface area contributed by atoms with E-state index in [1.54, 1.807) is 6.92 Å². The lowest BCUT2D eigenvalue weighted by molar-refractivity contribution is -0.119. The van der Waals surface area contributed by atoms with Gasteiger partial charge < -0.3 is 10.1 Å². The van der Waals surface area contributed by atoms with Crippen LogP contribution in [0.5, 0.6) is 0 Å². The van der Waals surface area contributed by atoms with Crippen LogP contribution in [0.25, 0.3) is 0 Å². The van der Waals surface area contributed by atoms with Gasteiger partial charge in [-0.15, -0.1) is 0 Å². The molecule has 5 nitrogen and oxygen atoms in total. The van der Waals surface area contributed by atoms with Crippen LogP contribution < -0.4 is 10.2 Å². The molecular weight excluding hydrogens is 301 g/mol. The SMILES string of the molecule is CBN1Cc2ccccc2N(C[C@H]2CC[C@H](NC(C)=O)CC2)C1=O. The van der Waals surface area contributed by atoms with Gasteiger partial charge in [0.2, 0.25) is 13.3 Å². The standard InChI is InChI=1S/C18H26BN3O2/c1-13(23)20-16-9-7-14(8-10-16)11-21-17-6-4-3-5-15(17)12-22(19-2)18(21)24/h3-6,14,16,19H,7-12H2,1-2H3,(H,20,23)/t14-,16-. The Kier molecular flexibility index (Phi) is 5.12. The van der Waals surface area contributed by atoms with Gasteiger partial charge in [-0.05, 0) is 43.2 Å². The van der Waals surface area contributed by atoms with Crippen LogP contribution in [0.15, 0.2) is 24.3 Å². The fraction of sp³-hybridized carbons (Fsp3) is 0.556. The summed E-state index contributed by atoms with van der Waals surface area (Å²) in [5, 5.41) is 3.02. The number of anilines is 1. The predicted octanol–water partition coefficient (Wildman–Crippen LogP) is 2.52. The molecule has 1 fully saturated rings. The number of carbonyl (C=O) groups excluding carboxylic acids is 2. The Balaban J connectivity index is 1.68. The zero-order valence-corrected chi connectivity index (χ0v) is 14.6. The van der Waals surface area contributed by atoms with Gasteiger partial charge >= 0.3 is 6.03 Å². The quantitative estimate of drug-likeness (QED) is 0.864. The van der Waals surface area contributed by atoms with E-state index in [9.17, 15) is 9.59 Å². The summed E-state index contributed by atoms with van der Waals surface area (Å²) in [6.07, 6.45) is 4.13. The van der Waals surface area contributed by atoms with Gasteiger partial charge in [-0.2, -0.15) is 0 Å². The summed E-state index contributed by atoms with van der Waals surface area (Å²) in [6.45, 7) is 5.09. The minimum atomic E-state index is 0.0529. The van der Waals surface area contributed by atoms with Crippen LogP contribution in [0, 0.1) is 5.92 Å². The fourth-order valence-electron chi connectivity index (χ4n) is 3.91. The van der Waals surface area contributed by atoms with Crippen molar-refractivity contribution in [3.8, 4) is 0 Å². The largest absolute Gasteiger partial charge is 0.369 e. The summed E-state index contributed by atoms with van der Waals surface area (Å²) in [5.74, 6) is 0.556. The van der Waals surface area contributed by atoms with E-state index in [1.807, 2.05) is 28.7 Å². The van der Waals surface area contributed by atoms with Crippen LogP contribution in [0.2, 0.25) is 6.82 Å². The van der Waals surface area contributed by atoms with Crippen LogP contribution in [0.4, 0.5) is 10.5 Å². The van der Waals surface area contributed by atoms with Gasteiger partial charge in [-0.25, -0.2) is 4.79 Å². The highest BCUT2D eigenvalue weighted by molar-refractivity contribution is 6.36. The van der Waals surface area contributed by atoms with Crippen molar-refractivity contribution in [1.29, 1.82) is 0 Å². The predicted molar refractivity (Wildman–Crippen MR) is 97.3 cm³/mol. The molecule has 0 unspecified atom stereocenters. The average molecular weight is 327 g/mol. The van der Waals surface area contributed by atoms with E-state index in [0.717, 1.165) is 45.3 Å².